The predicted molar refractivity (Wildman–Crippen MR) is 110 cm³/mol. The molecule has 0 aromatic heterocycles. The van der Waals surface area contributed by atoms with E-state index in [4.69, 9.17) is 11.6 Å². The molecule has 11 heteroatoms. The van der Waals surface area contributed by atoms with Gasteiger partial charge in [-0.1, -0.05) is 41.9 Å². The number of hydrogen-bond acceptors (Lipinski definition) is 4. The van der Waals surface area contributed by atoms with Crippen molar-refractivity contribution < 1.29 is 26.4 Å². The van der Waals surface area contributed by atoms with E-state index in [-0.39, 0.29) is 43.7 Å². The topological polar surface area (TPSA) is 69.7 Å². The Bertz CT molecular complexity index is 1020. The molecule has 1 amide bonds. The number of carbonyl (C=O) groups excluding carboxylic acids is 1. The monoisotopic (exact) mass is 475 g/mol. The van der Waals surface area contributed by atoms with Gasteiger partial charge in [-0.25, -0.2) is 8.42 Å². The zero-order chi connectivity index (χ0) is 22.6. The summed E-state index contributed by atoms with van der Waals surface area (Å²) in [5.74, 6) is -0.193. The minimum atomic E-state index is -4.68. The van der Waals surface area contributed by atoms with E-state index in [2.05, 4.69) is 5.32 Å². The number of halogens is 4. The minimum absolute atomic E-state index is 0.0425. The second kappa shape index (κ2) is 9.56. The van der Waals surface area contributed by atoms with E-state index in [0.717, 1.165) is 22.0 Å². The standard InChI is InChI=1S/C20H21ClF3N3O3S/c21-17-7-6-16(20(22,23)24)12-18(17)31(29,30)27-10-8-26(9-11-27)14-19(28)25-13-15-4-2-1-3-5-15/h1-7,12H,8-11,13-14H2,(H,25,28). The highest BCUT2D eigenvalue weighted by Crippen LogP contribution is 2.34. The molecular formula is C20H21ClF3N3O3S. The molecule has 0 aliphatic carbocycles. The third kappa shape index (κ3) is 5.97. The van der Waals surface area contributed by atoms with Gasteiger partial charge in [0.1, 0.15) is 4.90 Å². The van der Waals surface area contributed by atoms with Crippen LogP contribution in [0, 0.1) is 0 Å². The molecule has 0 spiro atoms. The first-order chi connectivity index (χ1) is 14.6. The van der Waals surface area contributed by atoms with Crippen LogP contribution in [-0.2, 0) is 27.5 Å². The second-order valence-corrected chi connectivity index (χ2v) is 9.40. The smallest absolute Gasteiger partial charge is 0.351 e. The molecule has 6 nitrogen and oxygen atoms in total. The van der Waals surface area contributed by atoms with E-state index >= 15 is 0 Å². The summed E-state index contributed by atoms with van der Waals surface area (Å²) in [6.45, 7) is 1.12. The highest BCUT2D eigenvalue weighted by Gasteiger charge is 2.35. The van der Waals surface area contributed by atoms with Crippen LogP contribution >= 0.6 is 11.6 Å². The van der Waals surface area contributed by atoms with Crippen molar-refractivity contribution in [3.63, 3.8) is 0 Å². The van der Waals surface area contributed by atoms with E-state index in [1.807, 2.05) is 30.3 Å². The molecule has 168 valence electrons. The van der Waals surface area contributed by atoms with Crippen LogP contribution in [0.25, 0.3) is 0 Å². The lowest BCUT2D eigenvalue weighted by Gasteiger charge is -2.33. The Balaban J connectivity index is 1.58. The number of carbonyl (C=O) groups is 1. The molecule has 0 radical (unpaired) electrons. The zero-order valence-electron chi connectivity index (χ0n) is 16.4. The van der Waals surface area contributed by atoms with Crippen molar-refractivity contribution in [2.24, 2.45) is 0 Å². The lowest BCUT2D eigenvalue weighted by molar-refractivity contribution is -0.137. The predicted octanol–water partition coefficient (Wildman–Crippen LogP) is 2.98. The normalized spacial score (nSPS) is 16.3. The Morgan fingerprint density at radius 2 is 1.68 bits per heavy atom. The molecule has 1 fully saturated rings. The molecule has 0 bridgehead atoms. The van der Waals surface area contributed by atoms with Gasteiger partial charge in [-0.05, 0) is 23.8 Å². The maximum absolute atomic E-state index is 13.0. The summed E-state index contributed by atoms with van der Waals surface area (Å²) in [4.78, 5) is 13.4. The highest BCUT2D eigenvalue weighted by atomic mass is 35.5. The summed E-state index contributed by atoms with van der Waals surface area (Å²) >= 11 is 5.90. The van der Waals surface area contributed by atoms with Gasteiger partial charge in [-0.15, -0.1) is 0 Å². The molecule has 2 aromatic rings. The number of nitrogens with one attached hydrogen (secondary N) is 1. The van der Waals surface area contributed by atoms with Gasteiger partial charge in [-0.3, -0.25) is 9.69 Å². The van der Waals surface area contributed by atoms with E-state index in [0.29, 0.717) is 12.6 Å². The zero-order valence-corrected chi connectivity index (χ0v) is 18.0. The van der Waals surface area contributed by atoms with Crippen LogP contribution in [0.3, 0.4) is 0 Å². The molecule has 0 saturated carbocycles. The SMILES string of the molecule is O=C(CN1CCN(S(=O)(=O)c2cc(C(F)(F)F)ccc2Cl)CC1)NCc1ccccc1. The Morgan fingerprint density at radius 1 is 1.03 bits per heavy atom. The van der Waals surface area contributed by atoms with E-state index < -0.39 is 26.7 Å². The maximum atomic E-state index is 13.0. The number of piperazine rings is 1. The van der Waals surface area contributed by atoms with Crippen molar-refractivity contribution in [1.29, 1.82) is 0 Å². The van der Waals surface area contributed by atoms with Gasteiger partial charge in [0.2, 0.25) is 15.9 Å². The number of benzene rings is 2. The molecule has 1 aliphatic heterocycles. The Labute approximate surface area is 183 Å². The number of nitrogens with zero attached hydrogens (tertiary/aromatic N) is 2. The minimum Gasteiger partial charge on any atom is -0.351 e. The number of sulfonamides is 1. The first-order valence-electron chi connectivity index (χ1n) is 9.47. The molecule has 3 rings (SSSR count). The molecule has 1 saturated heterocycles. The Hall–Kier alpha value is -2.14. The fourth-order valence-electron chi connectivity index (χ4n) is 3.20. The van der Waals surface area contributed by atoms with Crippen LogP contribution in [0.2, 0.25) is 5.02 Å². The van der Waals surface area contributed by atoms with Gasteiger partial charge in [0.05, 0.1) is 17.1 Å². The van der Waals surface area contributed by atoms with Gasteiger partial charge in [-0.2, -0.15) is 17.5 Å². The number of rotatable bonds is 6. The molecule has 1 aliphatic rings. The number of amides is 1. The lowest BCUT2D eigenvalue weighted by atomic mass is 10.2. The lowest BCUT2D eigenvalue weighted by Crippen LogP contribution is -2.51. The number of hydrogen-bond donors (Lipinski definition) is 1. The molecule has 31 heavy (non-hydrogen) atoms. The van der Waals surface area contributed by atoms with Gasteiger partial charge in [0, 0.05) is 32.7 Å². The van der Waals surface area contributed by atoms with Crippen molar-refractivity contribution in [3.05, 3.63) is 64.7 Å². The van der Waals surface area contributed by atoms with Crippen LogP contribution in [-0.4, -0.2) is 56.3 Å². The van der Waals surface area contributed by atoms with Gasteiger partial charge in [0.15, 0.2) is 0 Å². The van der Waals surface area contributed by atoms with Crippen LogP contribution in [0.5, 0.6) is 0 Å². The summed E-state index contributed by atoms with van der Waals surface area (Å²) in [6.07, 6.45) is -4.68. The molecule has 2 aromatic carbocycles. The van der Waals surface area contributed by atoms with Gasteiger partial charge in [0.25, 0.3) is 0 Å². The summed E-state index contributed by atoms with van der Waals surface area (Å²) in [7, 11) is -4.20. The van der Waals surface area contributed by atoms with Crippen molar-refractivity contribution >= 4 is 27.5 Å². The highest BCUT2D eigenvalue weighted by molar-refractivity contribution is 7.89. The van der Waals surface area contributed by atoms with E-state index in [1.165, 1.54) is 0 Å². The summed E-state index contributed by atoms with van der Waals surface area (Å²) in [5.41, 5.74) is -0.117. The maximum Gasteiger partial charge on any atom is 0.416 e. The molecule has 0 unspecified atom stereocenters. The summed E-state index contributed by atoms with van der Waals surface area (Å²) in [6, 6.07) is 11.6. The average molecular weight is 476 g/mol. The van der Waals surface area contributed by atoms with Crippen LogP contribution in [0.1, 0.15) is 11.1 Å². The first kappa shape index (κ1) is 23.5. The van der Waals surface area contributed by atoms with Crippen LogP contribution < -0.4 is 5.32 Å². The van der Waals surface area contributed by atoms with Crippen molar-refractivity contribution in [2.45, 2.75) is 17.6 Å². The summed E-state index contributed by atoms with van der Waals surface area (Å²) < 4.78 is 65.7. The Kier molecular flexibility index (Phi) is 7.25. The third-order valence-electron chi connectivity index (χ3n) is 4.91. The largest absolute Gasteiger partial charge is 0.416 e. The molecule has 1 N–H and O–H groups in total. The van der Waals surface area contributed by atoms with Gasteiger partial charge >= 0.3 is 6.18 Å². The fraction of sp³-hybridized carbons (Fsp3) is 0.350. The molecular weight excluding hydrogens is 455 g/mol. The number of alkyl halides is 3. The van der Waals surface area contributed by atoms with E-state index in [1.54, 1.807) is 4.90 Å². The third-order valence-corrected chi connectivity index (χ3v) is 7.29. The van der Waals surface area contributed by atoms with Gasteiger partial charge < -0.3 is 5.32 Å². The van der Waals surface area contributed by atoms with Crippen molar-refractivity contribution in [1.82, 2.24) is 14.5 Å². The van der Waals surface area contributed by atoms with Crippen molar-refractivity contribution in [2.75, 3.05) is 32.7 Å². The quantitative estimate of drug-likeness (QED) is 0.697. The van der Waals surface area contributed by atoms with Crippen LogP contribution in [0.4, 0.5) is 13.2 Å². The van der Waals surface area contributed by atoms with E-state index in [9.17, 15) is 26.4 Å². The second-order valence-electron chi connectivity index (χ2n) is 7.09. The molecule has 1 heterocycles. The Morgan fingerprint density at radius 3 is 2.29 bits per heavy atom. The summed E-state index contributed by atoms with van der Waals surface area (Å²) in [5, 5.41) is 2.54. The molecule has 0 atom stereocenters. The van der Waals surface area contributed by atoms with Crippen LogP contribution in [0.15, 0.2) is 53.4 Å². The van der Waals surface area contributed by atoms with Crippen molar-refractivity contribution in [3.8, 4) is 0 Å². The fourth-order valence-corrected chi connectivity index (χ4v) is 5.12. The first-order valence-corrected chi connectivity index (χ1v) is 11.3. The average Bonchev–Trinajstić information content (AvgIpc) is 2.73.